The Labute approximate surface area is 109 Å². The summed E-state index contributed by atoms with van der Waals surface area (Å²) in [5, 5.41) is 9.87. The van der Waals surface area contributed by atoms with Crippen molar-refractivity contribution in [2.75, 3.05) is 20.3 Å². The predicted octanol–water partition coefficient (Wildman–Crippen LogP) is 2.96. The van der Waals surface area contributed by atoms with Gasteiger partial charge in [-0.15, -0.1) is 0 Å². The maximum atomic E-state index is 9.87. The fraction of sp³-hybridized carbons (Fsp3) is 0.600. The minimum Gasteiger partial charge on any atom is -0.504 e. The molecule has 3 rings (SSSR count). The molecule has 0 unspecified atom stereocenters. The summed E-state index contributed by atoms with van der Waals surface area (Å²) < 4.78 is 10.8. The molecule has 3 nitrogen and oxygen atoms in total. The Kier molecular flexibility index (Phi) is 3.53. The molecule has 1 fully saturated rings. The Morgan fingerprint density at radius 3 is 2.83 bits per heavy atom. The molecule has 3 atom stereocenters. The van der Waals surface area contributed by atoms with E-state index < -0.39 is 0 Å². The first kappa shape index (κ1) is 13.2. The van der Waals surface area contributed by atoms with Crippen LogP contribution in [0.3, 0.4) is 0 Å². The van der Waals surface area contributed by atoms with Crippen LogP contribution in [-0.4, -0.2) is 25.4 Å². The van der Waals surface area contributed by atoms with Crippen molar-refractivity contribution in [3.63, 3.8) is 0 Å². The number of fused-ring (bicyclic) bond motifs is 2. The first-order valence-electron chi connectivity index (χ1n) is 6.18. The molecule has 0 aromatic heterocycles. The lowest BCUT2D eigenvalue weighted by Crippen LogP contribution is -2.27. The zero-order valence-electron chi connectivity index (χ0n) is 10.3. The largest absolute Gasteiger partial charge is 0.504 e. The minimum atomic E-state index is 0. The lowest BCUT2D eigenvalue weighted by Gasteiger charge is -2.32. The molecule has 1 N–H and O–H groups in total. The van der Waals surface area contributed by atoms with E-state index in [4.69, 9.17) is 9.47 Å². The lowest BCUT2D eigenvalue weighted by atomic mass is 9.71. The highest BCUT2D eigenvalue weighted by Crippen LogP contribution is 2.45. The number of methoxy groups -OCH3 is 1. The third-order valence-electron chi connectivity index (χ3n) is 4.30. The Bertz CT molecular complexity index is 442. The van der Waals surface area contributed by atoms with Gasteiger partial charge in [0, 0.05) is 0 Å². The van der Waals surface area contributed by atoms with Crippen LogP contribution < -0.4 is 4.74 Å². The second-order valence-corrected chi connectivity index (χ2v) is 5.18. The average Bonchev–Trinajstić information content (AvgIpc) is 2.78. The summed E-state index contributed by atoms with van der Waals surface area (Å²) in [6.45, 7) is 3.96. The molecule has 1 aliphatic carbocycles. The predicted molar refractivity (Wildman–Crippen MR) is 71.3 cm³/mol. The Balaban J connectivity index is 0.00000120. The van der Waals surface area contributed by atoms with Crippen LogP contribution in [0.25, 0.3) is 0 Å². The van der Waals surface area contributed by atoms with Gasteiger partial charge >= 0.3 is 0 Å². The van der Waals surface area contributed by atoms with Gasteiger partial charge in [0.15, 0.2) is 11.5 Å². The summed E-state index contributed by atoms with van der Waals surface area (Å²) >= 11 is 0. The van der Waals surface area contributed by atoms with E-state index in [0.717, 1.165) is 19.6 Å². The van der Waals surface area contributed by atoms with Gasteiger partial charge in [-0.3, -0.25) is 0 Å². The third-order valence-corrected chi connectivity index (χ3v) is 4.30. The van der Waals surface area contributed by atoms with Gasteiger partial charge in [0.05, 0.1) is 20.3 Å². The van der Waals surface area contributed by atoms with E-state index in [1.807, 2.05) is 12.1 Å². The molecule has 0 radical (unpaired) electrons. The Hall–Kier alpha value is -1.22. The van der Waals surface area contributed by atoms with Gasteiger partial charge in [-0.25, -0.2) is 0 Å². The number of hydrogen-bond acceptors (Lipinski definition) is 3. The first-order chi connectivity index (χ1) is 8.20. The lowest BCUT2D eigenvalue weighted by molar-refractivity contribution is 0.179. The fourth-order valence-corrected chi connectivity index (χ4v) is 3.28. The number of phenolic OH excluding ortho intramolecular Hbond substituents is 1. The monoisotopic (exact) mass is 250 g/mol. The van der Waals surface area contributed by atoms with Crippen molar-refractivity contribution in [3.8, 4) is 11.5 Å². The molecule has 18 heavy (non-hydrogen) atoms. The molecule has 1 aromatic carbocycles. The molecule has 3 heteroatoms. The number of benzene rings is 1. The smallest absolute Gasteiger partial charge is 0.160 e. The van der Waals surface area contributed by atoms with Crippen molar-refractivity contribution in [3.05, 3.63) is 23.3 Å². The van der Waals surface area contributed by atoms with E-state index >= 15 is 0 Å². The van der Waals surface area contributed by atoms with Gasteiger partial charge in [-0.2, -0.15) is 0 Å². The summed E-state index contributed by atoms with van der Waals surface area (Å²) in [6, 6.07) is 3.85. The molecular formula is C15H22O3. The van der Waals surface area contributed by atoms with Gasteiger partial charge in [0.2, 0.25) is 0 Å². The molecule has 1 aromatic rings. The van der Waals surface area contributed by atoms with E-state index in [2.05, 4.69) is 6.92 Å². The number of hydrogen-bond donors (Lipinski definition) is 1. The average molecular weight is 250 g/mol. The SMILES string of the molecule is C.COc1cc2c(cc1O)[C@H](C)[C@H]1COC[C@@H]1C2. The van der Waals surface area contributed by atoms with Crippen LogP contribution in [0.1, 0.15) is 31.4 Å². The summed E-state index contributed by atoms with van der Waals surface area (Å²) in [5.74, 6) is 2.52. The van der Waals surface area contributed by atoms with Crippen molar-refractivity contribution < 1.29 is 14.6 Å². The minimum absolute atomic E-state index is 0. The van der Waals surface area contributed by atoms with E-state index in [1.165, 1.54) is 11.1 Å². The molecule has 0 bridgehead atoms. The molecule has 0 saturated carbocycles. The Morgan fingerprint density at radius 1 is 1.33 bits per heavy atom. The van der Waals surface area contributed by atoms with E-state index in [9.17, 15) is 5.11 Å². The zero-order valence-corrected chi connectivity index (χ0v) is 10.3. The van der Waals surface area contributed by atoms with Crippen molar-refractivity contribution in [1.29, 1.82) is 0 Å². The normalized spacial score (nSPS) is 29.1. The first-order valence-corrected chi connectivity index (χ1v) is 6.18. The van der Waals surface area contributed by atoms with Crippen LogP contribution in [0.5, 0.6) is 11.5 Å². The van der Waals surface area contributed by atoms with Crippen LogP contribution in [0.15, 0.2) is 12.1 Å². The summed E-state index contributed by atoms with van der Waals surface area (Å²) in [7, 11) is 1.59. The van der Waals surface area contributed by atoms with Crippen molar-refractivity contribution in [1.82, 2.24) is 0 Å². The van der Waals surface area contributed by atoms with Crippen molar-refractivity contribution in [2.45, 2.75) is 26.7 Å². The topological polar surface area (TPSA) is 38.7 Å². The van der Waals surface area contributed by atoms with Crippen molar-refractivity contribution in [2.24, 2.45) is 11.8 Å². The standard InChI is InChI=1S/C14H18O3.CH4/c1-8-11-5-13(15)14(16-2)4-9(11)3-10-6-17-7-12(8)10;/h4-5,8,10,12,15H,3,6-7H2,1-2H3;1H4/t8-,10-,12+;/m0./s1. The molecular weight excluding hydrogens is 228 g/mol. The second-order valence-electron chi connectivity index (χ2n) is 5.18. The summed E-state index contributed by atoms with van der Waals surface area (Å²) in [4.78, 5) is 0. The maximum Gasteiger partial charge on any atom is 0.160 e. The van der Waals surface area contributed by atoms with Crippen LogP contribution in [0, 0.1) is 11.8 Å². The quantitative estimate of drug-likeness (QED) is 0.832. The van der Waals surface area contributed by atoms with Crippen molar-refractivity contribution >= 4 is 0 Å². The number of ether oxygens (including phenoxy) is 2. The molecule has 1 aliphatic heterocycles. The molecule has 1 saturated heterocycles. The highest BCUT2D eigenvalue weighted by Gasteiger charge is 2.38. The number of rotatable bonds is 1. The van der Waals surface area contributed by atoms with E-state index in [-0.39, 0.29) is 13.2 Å². The fourth-order valence-electron chi connectivity index (χ4n) is 3.28. The molecule has 0 amide bonds. The molecule has 1 heterocycles. The van der Waals surface area contributed by atoms with Gasteiger partial charge in [-0.05, 0) is 47.4 Å². The summed E-state index contributed by atoms with van der Waals surface area (Å²) in [5.41, 5.74) is 2.56. The van der Waals surface area contributed by atoms with Crippen LogP contribution in [0.2, 0.25) is 0 Å². The second kappa shape index (κ2) is 4.81. The third kappa shape index (κ3) is 1.87. The Morgan fingerprint density at radius 2 is 2.11 bits per heavy atom. The van der Waals surface area contributed by atoms with Gasteiger partial charge in [-0.1, -0.05) is 14.4 Å². The van der Waals surface area contributed by atoms with Gasteiger partial charge in [0.25, 0.3) is 0 Å². The van der Waals surface area contributed by atoms with Crippen LogP contribution >= 0.6 is 0 Å². The highest BCUT2D eigenvalue weighted by atomic mass is 16.5. The molecule has 2 aliphatic rings. The number of aromatic hydroxyl groups is 1. The highest BCUT2D eigenvalue weighted by molar-refractivity contribution is 5.49. The van der Waals surface area contributed by atoms with Crippen LogP contribution in [0.4, 0.5) is 0 Å². The van der Waals surface area contributed by atoms with Gasteiger partial charge < -0.3 is 14.6 Å². The molecule has 0 spiro atoms. The van der Waals surface area contributed by atoms with E-state index in [0.29, 0.717) is 23.5 Å². The van der Waals surface area contributed by atoms with Gasteiger partial charge in [0.1, 0.15) is 0 Å². The maximum absolute atomic E-state index is 9.87. The van der Waals surface area contributed by atoms with E-state index in [1.54, 1.807) is 7.11 Å². The van der Waals surface area contributed by atoms with Crippen LogP contribution in [-0.2, 0) is 11.2 Å². The summed E-state index contributed by atoms with van der Waals surface area (Å²) in [6.07, 6.45) is 1.04. The number of phenols is 1. The zero-order chi connectivity index (χ0) is 12.0. The molecule has 100 valence electrons.